The first-order chi connectivity index (χ1) is 10.4. The molecule has 1 unspecified atom stereocenters. The zero-order valence-electron chi connectivity index (χ0n) is 12.1. The summed E-state index contributed by atoms with van der Waals surface area (Å²) in [6.45, 7) is 1.61. The van der Waals surface area contributed by atoms with Crippen LogP contribution in [0.15, 0.2) is 29.6 Å². The van der Waals surface area contributed by atoms with Crippen molar-refractivity contribution in [2.45, 2.75) is 6.92 Å². The number of carboxylic acid groups (broad SMARTS) is 1. The van der Waals surface area contributed by atoms with E-state index in [0.717, 1.165) is 0 Å². The molecule has 0 aliphatic rings. The molecule has 0 spiro atoms. The van der Waals surface area contributed by atoms with Gasteiger partial charge in [0.1, 0.15) is 16.5 Å². The molecule has 2 aromatic rings. The lowest BCUT2D eigenvalue weighted by atomic mass is 10.2. The second kappa shape index (κ2) is 6.65. The predicted molar refractivity (Wildman–Crippen MR) is 81.3 cm³/mol. The average Bonchev–Trinajstić information content (AvgIpc) is 2.96. The van der Waals surface area contributed by atoms with Gasteiger partial charge in [-0.05, 0) is 12.1 Å². The van der Waals surface area contributed by atoms with E-state index in [2.05, 4.69) is 4.98 Å². The van der Waals surface area contributed by atoms with E-state index in [-0.39, 0.29) is 18.1 Å². The van der Waals surface area contributed by atoms with Crippen molar-refractivity contribution in [3.8, 4) is 10.6 Å². The highest BCUT2D eigenvalue weighted by Crippen LogP contribution is 2.26. The summed E-state index contributed by atoms with van der Waals surface area (Å²) in [7, 11) is 1.52. The van der Waals surface area contributed by atoms with Crippen molar-refractivity contribution in [2.24, 2.45) is 5.92 Å². The number of carboxylic acids is 1. The number of hydrogen-bond acceptors (Lipinski definition) is 4. The Morgan fingerprint density at radius 1 is 1.41 bits per heavy atom. The topological polar surface area (TPSA) is 70.5 Å². The summed E-state index contributed by atoms with van der Waals surface area (Å²) in [5.74, 6) is -2.42. The first kappa shape index (κ1) is 16.1. The summed E-state index contributed by atoms with van der Waals surface area (Å²) in [5.41, 5.74) is 0.524. The van der Waals surface area contributed by atoms with Gasteiger partial charge >= 0.3 is 5.97 Å². The highest BCUT2D eigenvalue weighted by atomic mass is 32.1. The fraction of sp³-hybridized carbons (Fsp3) is 0.267. The Morgan fingerprint density at radius 2 is 2.09 bits per heavy atom. The number of halogens is 1. The van der Waals surface area contributed by atoms with Gasteiger partial charge in [-0.2, -0.15) is 0 Å². The molecule has 0 saturated carbocycles. The number of amides is 1. The van der Waals surface area contributed by atoms with E-state index in [9.17, 15) is 14.0 Å². The third-order valence-corrected chi connectivity index (χ3v) is 4.02. The smallest absolute Gasteiger partial charge is 0.308 e. The summed E-state index contributed by atoms with van der Waals surface area (Å²) in [5, 5.41) is 10.8. The molecule has 116 valence electrons. The number of nitrogens with zero attached hydrogens (tertiary/aromatic N) is 2. The van der Waals surface area contributed by atoms with Gasteiger partial charge < -0.3 is 10.0 Å². The maximum atomic E-state index is 13.7. The van der Waals surface area contributed by atoms with Crippen molar-refractivity contribution < 1.29 is 19.1 Å². The van der Waals surface area contributed by atoms with Crippen molar-refractivity contribution in [1.82, 2.24) is 9.88 Å². The second-order valence-electron chi connectivity index (χ2n) is 4.94. The van der Waals surface area contributed by atoms with E-state index in [4.69, 9.17) is 5.11 Å². The van der Waals surface area contributed by atoms with Crippen molar-refractivity contribution in [1.29, 1.82) is 0 Å². The number of carbonyl (C=O) groups is 2. The van der Waals surface area contributed by atoms with Crippen LogP contribution in [-0.4, -0.2) is 40.5 Å². The Kier molecular flexibility index (Phi) is 4.87. The van der Waals surface area contributed by atoms with Crippen LogP contribution in [0.2, 0.25) is 0 Å². The normalized spacial score (nSPS) is 12.0. The van der Waals surface area contributed by atoms with Crippen LogP contribution in [0.3, 0.4) is 0 Å². The van der Waals surface area contributed by atoms with E-state index in [1.54, 1.807) is 23.6 Å². The standard InChI is InChI=1S/C15H15FN2O3S/c1-9(15(20)21)7-18(2)14(19)12-8-22-13(17-12)10-5-3-4-6-11(10)16/h3-6,8-9H,7H2,1-2H3,(H,20,21). The molecule has 1 heterocycles. The maximum absolute atomic E-state index is 13.7. The Morgan fingerprint density at radius 3 is 2.73 bits per heavy atom. The lowest BCUT2D eigenvalue weighted by Crippen LogP contribution is -2.33. The van der Waals surface area contributed by atoms with Crippen molar-refractivity contribution >= 4 is 23.2 Å². The summed E-state index contributed by atoms with van der Waals surface area (Å²) in [4.78, 5) is 28.5. The molecule has 1 amide bonds. The Bertz CT molecular complexity index is 702. The Labute approximate surface area is 131 Å². The van der Waals surface area contributed by atoms with Gasteiger partial charge in [0.15, 0.2) is 0 Å². The quantitative estimate of drug-likeness (QED) is 0.919. The van der Waals surface area contributed by atoms with Gasteiger partial charge in [-0.15, -0.1) is 11.3 Å². The Hall–Kier alpha value is -2.28. The lowest BCUT2D eigenvalue weighted by molar-refractivity contribution is -0.141. The lowest BCUT2D eigenvalue weighted by Gasteiger charge is -2.18. The first-order valence-corrected chi connectivity index (χ1v) is 7.46. The minimum atomic E-state index is -0.968. The van der Waals surface area contributed by atoms with Gasteiger partial charge in [0.05, 0.1) is 5.92 Å². The van der Waals surface area contributed by atoms with E-state index in [1.807, 2.05) is 0 Å². The molecular weight excluding hydrogens is 307 g/mol. The third kappa shape index (κ3) is 3.48. The zero-order chi connectivity index (χ0) is 16.3. The molecule has 1 atom stereocenters. The van der Waals surface area contributed by atoms with Crippen LogP contribution in [-0.2, 0) is 4.79 Å². The fourth-order valence-corrected chi connectivity index (χ4v) is 2.72. The molecule has 0 aliphatic heterocycles. The summed E-state index contributed by atoms with van der Waals surface area (Å²) in [6, 6.07) is 6.21. The molecule has 1 N–H and O–H groups in total. The first-order valence-electron chi connectivity index (χ1n) is 6.59. The average molecular weight is 322 g/mol. The van der Waals surface area contributed by atoms with Crippen LogP contribution in [0, 0.1) is 11.7 Å². The highest BCUT2D eigenvalue weighted by molar-refractivity contribution is 7.13. The van der Waals surface area contributed by atoms with Crippen LogP contribution >= 0.6 is 11.3 Å². The van der Waals surface area contributed by atoms with E-state index in [0.29, 0.717) is 10.6 Å². The van der Waals surface area contributed by atoms with Crippen LogP contribution in [0.5, 0.6) is 0 Å². The minimum Gasteiger partial charge on any atom is -0.481 e. The number of benzene rings is 1. The summed E-state index contributed by atoms with van der Waals surface area (Å²) < 4.78 is 13.7. The molecule has 1 aromatic heterocycles. The van der Waals surface area contributed by atoms with Gasteiger partial charge in [-0.3, -0.25) is 9.59 Å². The predicted octanol–water partition coefficient (Wildman–Crippen LogP) is 2.74. The molecule has 22 heavy (non-hydrogen) atoms. The van der Waals surface area contributed by atoms with Crippen molar-refractivity contribution in [2.75, 3.05) is 13.6 Å². The van der Waals surface area contributed by atoms with Gasteiger partial charge in [-0.25, -0.2) is 9.37 Å². The number of aliphatic carboxylic acids is 1. The van der Waals surface area contributed by atoms with E-state index >= 15 is 0 Å². The number of thiazole rings is 1. The van der Waals surface area contributed by atoms with Crippen molar-refractivity contribution in [3.63, 3.8) is 0 Å². The van der Waals surface area contributed by atoms with Crippen LogP contribution in [0.25, 0.3) is 10.6 Å². The monoisotopic (exact) mass is 322 g/mol. The minimum absolute atomic E-state index is 0.0841. The van der Waals surface area contributed by atoms with Crippen molar-refractivity contribution in [3.05, 3.63) is 41.2 Å². The number of aromatic nitrogens is 1. The molecule has 5 nitrogen and oxygen atoms in total. The molecule has 0 saturated heterocycles. The van der Waals surface area contributed by atoms with Crippen LogP contribution < -0.4 is 0 Å². The van der Waals surface area contributed by atoms with Gasteiger partial charge in [-0.1, -0.05) is 19.1 Å². The summed E-state index contributed by atoms with van der Waals surface area (Å²) >= 11 is 1.17. The highest BCUT2D eigenvalue weighted by Gasteiger charge is 2.21. The van der Waals surface area contributed by atoms with Gasteiger partial charge in [0.25, 0.3) is 5.91 Å². The maximum Gasteiger partial charge on any atom is 0.308 e. The largest absolute Gasteiger partial charge is 0.481 e. The molecule has 0 radical (unpaired) electrons. The Balaban J connectivity index is 2.16. The fourth-order valence-electron chi connectivity index (χ4n) is 1.90. The van der Waals surface area contributed by atoms with Crippen LogP contribution in [0.4, 0.5) is 4.39 Å². The molecule has 0 aliphatic carbocycles. The SMILES string of the molecule is CC(CN(C)C(=O)c1csc(-c2ccccc2F)n1)C(=O)O. The molecule has 0 fully saturated rings. The molecule has 1 aromatic carbocycles. The van der Waals surface area contributed by atoms with Gasteiger partial charge in [0.2, 0.25) is 0 Å². The number of carbonyl (C=O) groups excluding carboxylic acids is 1. The number of hydrogen-bond donors (Lipinski definition) is 1. The molecule has 2 rings (SSSR count). The molecular formula is C15H15FN2O3S. The van der Waals surface area contributed by atoms with Crippen LogP contribution in [0.1, 0.15) is 17.4 Å². The molecule has 7 heteroatoms. The second-order valence-corrected chi connectivity index (χ2v) is 5.80. The zero-order valence-corrected chi connectivity index (χ0v) is 12.9. The van der Waals surface area contributed by atoms with E-state index in [1.165, 1.54) is 36.3 Å². The van der Waals surface area contributed by atoms with Gasteiger partial charge in [0, 0.05) is 24.5 Å². The molecule has 0 bridgehead atoms. The van der Waals surface area contributed by atoms with E-state index < -0.39 is 17.7 Å². The third-order valence-electron chi connectivity index (χ3n) is 3.14. The number of rotatable bonds is 5. The summed E-state index contributed by atoms with van der Waals surface area (Å²) in [6.07, 6.45) is 0.